The highest BCUT2D eigenvalue weighted by molar-refractivity contribution is 6.48. The van der Waals surface area contributed by atoms with E-state index in [2.05, 4.69) is 39.9 Å². The monoisotopic (exact) mass is 440 g/mol. The molecule has 0 spiro atoms. The van der Waals surface area contributed by atoms with Crippen molar-refractivity contribution in [1.82, 2.24) is 4.57 Å². The Labute approximate surface area is 185 Å². The van der Waals surface area contributed by atoms with Gasteiger partial charge < -0.3 is 18.8 Å². The van der Waals surface area contributed by atoms with Crippen LogP contribution < -0.4 is 10.3 Å². The number of pyridine rings is 1. The Morgan fingerprint density at radius 3 is 2.55 bits per heavy atom. The minimum Gasteiger partial charge on any atom is -0.485 e. The van der Waals surface area contributed by atoms with E-state index in [-0.39, 0.29) is 17.6 Å². The Bertz CT molecular complexity index is 1080. The van der Waals surface area contributed by atoms with E-state index in [1.54, 1.807) is 42.8 Å². The molecule has 1 N–H and O–H groups in total. The summed E-state index contributed by atoms with van der Waals surface area (Å²) in [6, 6.07) is 8.51. The molecule has 0 saturated carbocycles. The van der Waals surface area contributed by atoms with Crippen molar-refractivity contribution in [1.29, 1.82) is 5.26 Å². The molecule has 0 fully saturated rings. The van der Waals surface area contributed by atoms with Crippen LogP contribution in [0.4, 0.5) is 0 Å². The molecule has 0 aliphatic carbocycles. The van der Waals surface area contributed by atoms with Crippen molar-refractivity contribution >= 4 is 9.04 Å². The first-order valence-electron chi connectivity index (χ1n) is 10.6. The molecule has 0 saturated heterocycles. The molecule has 1 aromatic heterocycles. The normalized spacial score (nSPS) is 20.1. The highest BCUT2D eigenvalue weighted by Crippen LogP contribution is 2.42. The summed E-state index contributed by atoms with van der Waals surface area (Å²) in [5, 5.41) is 20.6. The smallest absolute Gasteiger partial charge is 0.256 e. The Morgan fingerprint density at radius 1 is 1.29 bits per heavy atom. The molecular formula is C24H32N2O4Si. The number of nitriles is 1. The third-order valence-corrected chi connectivity index (χ3v) is 6.56. The fraction of sp³-hybridized carbons (Fsp3) is 0.500. The number of fused-ring (bicyclic) bond motifs is 1. The van der Waals surface area contributed by atoms with Gasteiger partial charge in [-0.25, -0.2) is 0 Å². The van der Waals surface area contributed by atoms with E-state index in [9.17, 15) is 15.2 Å². The van der Waals surface area contributed by atoms with Crippen LogP contribution in [0.3, 0.4) is 0 Å². The van der Waals surface area contributed by atoms with Gasteiger partial charge in [-0.15, -0.1) is 0 Å². The number of ether oxygens (including phenoxy) is 1. The summed E-state index contributed by atoms with van der Waals surface area (Å²) in [5.41, 5.74) is 1.32. The number of aliphatic hydroxyl groups excluding tert-OH is 1. The molecule has 0 unspecified atom stereocenters. The number of aliphatic hydroxyl groups is 1. The highest BCUT2D eigenvalue weighted by Gasteiger charge is 2.44. The lowest BCUT2D eigenvalue weighted by Crippen LogP contribution is -2.52. The summed E-state index contributed by atoms with van der Waals surface area (Å²) >= 11 is 0. The minimum absolute atomic E-state index is 0.183. The Hall–Kier alpha value is -2.40. The molecule has 1 aliphatic heterocycles. The van der Waals surface area contributed by atoms with Gasteiger partial charge in [0.15, 0.2) is 9.04 Å². The van der Waals surface area contributed by atoms with Gasteiger partial charge in [-0.1, -0.05) is 20.8 Å². The van der Waals surface area contributed by atoms with Crippen molar-refractivity contribution in [2.24, 2.45) is 0 Å². The third-order valence-electron chi connectivity index (χ3n) is 5.73. The molecule has 1 aromatic carbocycles. The van der Waals surface area contributed by atoms with Crippen molar-refractivity contribution in [3.05, 3.63) is 63.1 Å². The molecular weight excluding hydrogens is 408 g/mol. The zero-order chi connectivity index (χ0) is 23.1. The summed E-state index contributed by atoms with van der Waals surface area (Å²) in [6.07, 6.45) is 0.762. The second-order valence-corrected chi connectivity index (χ2v) is 12.4. The van der Waals surface area contributed by atoms with E-state index in [1.165, 1.54) is 0 Å². The highest BCUT2D eigenvalue weighted by atomic mass is 28.3. The van der Waals surface area contributed by atoms with E-state index < -0.39 is 26.8 Å². The van der Waals surface area contributed by atoms with E-state index in [0.717, 1.165) is 5.56 Å². The lowest BCUT2D eigenvalue weighted by molar-refractivity contribution is -0.0643. The van der Waals surface area contributed by atoms with Gasteiger partial charge in [-0.05, 0) is 62.2 Å². The van der Waals surface area contributed by atoms with Crippen molar-refractivity contribution in [3.63, 3.8) is 0 Å². The first kappa shape index (κ1) is 23.3. The first-order chi connectivity index (χ1) is 14.4. The van der Waals surface area contributed by atoms with Crippen LogP contribution >= 0.6 is 0 Å². The summed E-state index contributed by atoms with van der Waals surface area (Å²) in [7, 11) is -1.34. The van der Waals surface area contributed by atoms with Crippen LogP contribution in [-0.2, 0) is 16.4 Å². The minimum atomic E-state index is -1.34. The average molecular weight is 441 g/mol. The third kappa shape index (κ3) is 4.47. The summed E-state index contributed by atoms with van der Waals surface area (Å²) in [5.74, 6) is 0.568. The molecule has 1 aliphatic rings. The van der Waals surface area contributed by atoms with Crippen LogP contribution in [0.5, 0.6) is 5.75 Å². The van der Waals surface area contributed by atoms with Gasteiger partial charge in [0.05, 0.1) is 24.3 Å². The predicted octanol–water partition coefficient (Wildman–Crippen LogP) is 3.64. The predicted molar refractivity (Wildman–Crippen MR) is 123 cm³/mol. The molecule has 0 bridgehead atoms. The van der Waals surface area contributed by atoms with Crippen molar-refractivity contribution < 1.29 is 14.3 Å². The summed E-state index contributed by atoms with van der Waals surface area (Å²) in [4.78, 5) is 13.8. The molecule has 31 heavy (non-hydrogen) atoms. The van der Waals surface area contributed by atoms with Crippen LogP contribution in [0.25, 0.3) is 0 Å². The average Bonchev–Trinajstić information content (AvgIpc) is 2.67. The van der Waals surface area contributed by atoms with Gasteiger partial charge >= 0.3 is 0 Å². The van der Waals surface area contributed by atoms with Gasteiger partial charge in [0.1, 0.15) is 17.5 Å². The maximum Gasteiger partial charge on any atom is 0.256 e. The van der Waals surface area contributed by atoms with Crippen molar-refractivity contribution in [3.8, 4) is 11.8 Å². The molecule has 2 aromatic rings. The van der Waals surface area contributed by atoms with Crippen LogP contribution in [0, 0.1) is 11.3 Å². The van der Waals surface area contributed by atoms with Gasteiger partial charge in [0.2, 0.25) is 0 Å². The maximum absolute atomic E-state index is 13.8. The maximum atomic E-state index is 13.8. The van der Waals surface area contributed by atoms with E-state index >= 15 is 0 Å². The first-order valence-corrected chi connectivity index (χ1v) is 13.4. The number of aromatic nitrogens is 1. The van der Waals surface area contributed by atoms with Crippen LogP contribution in [0.15, 0.2) is 35.3 Å². The molecule has 166 valence electrons. The van der Waals surface area contributed by atoms with E-state index in [4.69, 9.17) is 9.16 Å². The zero-order valence-electron chi connectivity index (χ0n) is 19.4. The fourth-order valence-electron chi connectivity index (χ4n) is 4.04. The number of nitrogens with zero attached hydrogens (tertiary/aromatic N) is 2. The molecule has 0 amide bonds. The molecule has 0 radical (unpaired) electrons. The van der Waals surface area contributed by atoms with Gasteiger partial charge in [-0.2, -0.15) is 5.26 Å². The topological polar surface area (TPSA) is 84.5 Å². The second kappa shape index (κ2) is 8.27. The molecule has 6 nitrogen and oxygen atoms in total. The van der Waals surface area contributed by atoms with Crippen LogP contribution in [0.1, 0.15) is 62.9 Å². The van der Waals surface area contributed by atoms with Crippen molar-refractivity contribution in [2.75, 3.05) is 0 Å². The Morgan fingerprint density at radius 2 is 1.97 bits per heavy atom. The SMILES string of the molecule is C[SiH](C)OCc1c(C(C)(C)C)ccn([C@@H]2c3cc(C#N)ccc3OC(C)(C)[C@H]2O)c1=O. The second-order valence-electron chi connectivity index (χ2n) is 9.99. The lowest BCUT2D eigenvalue weighted by Gasteiger charge is -2.43. The number of benzene rings is 1. The van der Waals surface area contributed by atoms with Crippen molar-refractivity contribution in [2.45, 2.75) is 77.5 Å². The number of rotatable bonds is 4. The molecule has 2 heterocycles. The van der Waals surface area contributed by atoms with Crippen LogP contribution in [0.2, 0.25) is 13.1 Å². The Balaban J connectivity index is 2.25. The number of hydrogen-bond donors (Lipinski definition) is 1. The van der Waals surface area contributed by atoms with E-state index in [1.807, 2.05) is 6.07 Å². The summed E-state index contributed by atoms with van der Waals surface area (Å²) in [6.45, 7) is 14.2. The lowest BCUT2D eigenvalue weighted by atomic mass is 9.83. The summed E-state index contributed by atoms with van der Waals surface area (Å²) < 4.78 is 13.5. The number of hydrogen-bond acceptors (Lipinski definition) is 5. The fourth-order valence-corrected chi connectivity index (χ4v) is 4.54. The quantitative estimate of drug-likeness (QED) is 0.734. The van der Waals surface area contributed by atoms with Crippen LogP contribution in [-0.4, -0.2) is 30.4 Å². The van der Waals surface area contributed by atoms with E-state index in [0.29, 0.717) is 22.4 Å². The molecule has 7 heteroatoms. The van der Waals surface area contributed by atoms with Gasteiger partial charge in [0, 0.05) is 17.3 Å². The molecule has 3 rings (SSSR count). The van der Waals surface area contributed by atoms with Gasteiger partial charge in [0.25, 0.3) is 5.56 Å². The standard InChI is InChI=1S/C24H32N2O4Si/c1-23(2,3)18-10-11-26(22(28)17(18)14-29-31(6)7)20-16-12-15(13-25)8-9-19(16)30-24(4,5)21(20)27/h8-12,20-21,27,31H,14H2,1-7H3/t20-,21+/m1/s1. The largest absolute Gasteiger partial charge is 0.485 e. The van der Waals surface area contributed by atoms with Gasteiger partial charge in [-0.3, -0.25) is 4.79 Å². The zero-order valence-corrected chi connectivity index (χ0v) is 20.5. The molecule has 2 atom stereocenters. The Kier molecular flexibility index (Phi) is 6.20.